The predicted octanol–water partition coefficient (Wildman–Crippen LogP) is 3.81. The van der Waals surface area contributed by atoms with Gasteiger partial charge in [0.25, 0.3) is 0 Å². The van der Waals surface area contributed by atoms with E-state index in [1.165, 1.54) is 0 Å². The molecule has 2 aromatic rings. The van der Waals surface area contributed by atoms with E-state index in [1.54, 1.807) is 18.2 Å². The summed E-state index contributed by atoms with van der Waals surface area (Å²) in [5.74, 6) is 0. The number of hydrogen-bond acceptors (Lipinski definition) is 3. The second-order valence-electron chi connectivity index (χ2n) is 4.36. The van der Waals surface area contributed by atoms with E-state index in [-0.39, 0.29) is 0 Å². The molecule has 0 atom stereocenters. The van der Waals surface area contributed by atoms with Crippen LogP contribution in [0.5, 0.6) is 0 Å². The van der Waals surface area contributed by atoms with Gasteiger partial charge in [-0.15, -0.1) is 0 Å². The van der Waals surface area contributed by atoms with Crippen molar-refractivity contribution >= 4 is 29.4 Å². The van der Waals surface area contributed by atoms with E-state index in [0.29, 0.717) is 11.3 Å². The largest absolute Gasteiger partial charge is 0.398 e. The maximum absolute atomic E-state index is 10.9. The van der Waals surface area contributed by atoms with Gasteiger partial charge >= 0.3 is 0 Å². The molecule has 0 aromatic heterocycles. The van der Waals surface area contributed by atoms with E-state index in [0.717, 1.165) is 28.8 Å². The molecule has 3 N–H and O–H groups in total. The summed E-state index contributed by atoms with van der Waals surface area (Å²) < 4.78 is 0. The Morgan fingerprint density at radius 2 is 1.90 bits per heavy atom. The van der Waals surface area contributed by atoms with Gasteiger partial charge in [-0.05, 0) is 23.8 Å². The third kappa shape index (κ3) is 2.78. The Morgan fingerprint density at radius 3 is 2.60 bits per heavy atom. The Labute approximate surface area is 118 Å². The third-order valence-corrected chi connectivity index (χ3v) is 3.01. The molecule has 0 radical (unpaired) electrons. The van der Waals surface area contributed by atoms with Crippen molar-refractivity contribution in [3.05, 3.63) is 72.3 Å². The Kier molecular flexibility index (Phi) is 4.01. The monoisotopic (exact) mass is 264 g/mol. The van der Waals surface area contributed by atoms with Gasteiger partial charge in [-0.1, -0.05) is 43.5 Å². The van der Waals surface area contributed by atoms with Crippen LogP contribution in [-0.2, 0) is 0 Å². The molecule has 0 aliphatic heterocycles. The van der Waals surface area contributed by atoms with Crippen LogP contribution in [0.25, 0.3) is 11.8 Å². The fourth-order valence-corrected chi connectivity index (χ4v) is 1.95. The summed E-state index contributed by atoms with van der Waals surface area (Å²) in [6, 6.07) is 13.0. The molecule has 0 amide bonds. The molecule has 0 fully saturated rings. The lowest BCUT2D eigenvalue weighted by Gasteiger charge is -2.13. The van der Waals surface area contributed by atoms with Crippen LogP contribution in [0.2, 0.25) is 0 Å². The highest BCUT2D eigenvalue weighted by atomic mass is 16.1. The van der Waals surface area contributed by atoms with Crippen molar-refractivity contribution in [2.45, 2.75) is 0 Å². The van der Waals surface area contributed by atoms with Gasteiger partial charge in [-0.25, -0.2) is 0 Å². The van der Waals surface area contributed by atoms with Gasteiger partial charge in [-0.2, -0.15) is 0 Å². The molecule has 0 spiro atoms. The number of carbonyl (C=O) groups is 1. The van der Waals surface area contributed by atoms with E-state index in [9.17, 15) is 4.79 Å². The molecule has 20 heavy (non-hydrogen) atoms. The lowest BCUT2D eigenvalue weighted by molar-refractivity contribution is 0.112. The Balaban J connectivity index is 2.28. The van der Waals surface area contributed by atoms with E-state index < -0.39 is 0 Å². The minimum absolute atomic E-state index is 0.458. The molecule has 3 heteroatoms. The van der Waals surface area contributed by atoms with Gasteiger partial charge in [-0.3, -0.25) is 4.79 Å². The number of nitrogen functional groups attached to an aromatic ring is 1. The number of nitrogens with two attached hydrogens (primary N) is 1. The SMILES string of the molecule is C=Cc1ccccc1C(=C)Nc1ccc(N)c(C=O)c1. The van der Waals surface area contributed by atoms with E-state index >= 15 is 0 Å². The van der Waals surface area contributed by atoms with Crippen LogP contribution in [0.3, 0.4) is 0 Å². The number of rotatable bonds is 5. The van der Waals surface area contributed by atoms with Gasteiger partial charge in [0.05, 0.1) is 0 Å². The maximum atomic E-state index is 10.9. The topological polar surface area (TPSA) is 55.1 Å². The van der Waals surface area contributed by atoms with Crippen LogP contribution < -0.4 is 11.1 Å². The second-order valence-corrected chi connectivity index (χ2v) is 4.36. The molecule has 0 unspecified atom stereocenters. The van der Waals surface area contributed by atoms with Crippen LogP contribution in [0, 0.1) is 0 Å². The normalized spacial score (nSPS) is 9.80. The molecule has 0 saturated carbocycles. The summed E-state index contributed by atoms with van der Waals surface area (Å²) in [5.41, 5.74) is 10.1. The first-order valence-corrected chi connectivity index (χ1v) is 6.18. The number of anilines is 2. The summed E-state index contributed by atoms with van der Waals surface area (Å²) in [6.07, 6.45) is 2.52. The zero-order valence-corrected chi connectivity index (χ0v) is 11.1. The van der Waals surface area contributed by atoms with Gasteiger partial charge < -0.3 is 11.1 Å². The summed E-state index contributed by atoms with van der Waals surface area (Å²) in [5, 5.41) is 3.18. The predicted molar refractivity (Wildman–Crippen MR) is 85.4 cm³/mol. The van der Waals surface area contributed by atoms with Crippen LogP contribution in [0.1, 0.15) is 21.5 Å². The van der Waals surface area contributed by atoms with E-state index in [4.69, 9.17) is 5.73 Å². The van der Waals surface area contributed by atoms with Gasteiger partial charge in [0.2, 0.25) is 0 Å². The molecule has 0 aliphatic rings. The molecule has 2 aromatic carbocycles. The van der Waals surface area contributed by atoms with Crippen molar-refractivity contribution in [1.82, 2.24) is 0 Å². The number of aldehydes is 1. The first-order valence-electron chi connectivity index (χ1n) is 6.18. The third-order valence-electron chi connectivity index (χ3n) is 3.01. The quantitative estimate of drug-likeness (QED) is 0.638. The maximum Gasteiger partial charge on any atom is 0.152 e. The first kappa shape index (κ1) is 13.6. The molecule has 100 valence electrons. The summed E-state index contributed by atoms with van der Waals surface area (Å²) >= 11 is 0. The van der Waals surface area contributed by atoms with Crippen molar-refractivity contribution in [2.75, 3.05) is 11.1 Å². The lowest BCUT2D eigenvalue weighted by Crippen LogP contribution is -2.01. The minimum Gasteiger partial charge on any atom is -0.398 e. The Bertz CT molecular complexity index is 674. The van der Waals surface area contributed by atoms with E-state index in [1.807, 2.05) is 30.3 Å². The molecule has 3 nitrogen and oxygen atoms in total. The average Bonchev–Trinajstić information content (AvgIpc) is 2.49. The molecule has 0 heterocycles. The minimum atomic E-state index is 0.458. The fourth-order valence-electron chi connectivity index (χ4n) is 1.95. The van der Waals surface area contributed by atoms with Crippen molar-refractivity contribution < 1.29 is 4.79 Å². The Hall–Kier alpha value is -2.81. The standard InChI is InChI=1S/C17H16N2O/c1-3-13-6-4-5-7-16(13)12(2)19-15-8-9-17(18)14(10-15)11-20/h3-11,19H,1-2,18H2. The second kappa shape index (κ2) is 5.89. The lowest BCUT2D eigenvalue weighted by atomic mass is 10.0. The summed E-state index contributed by atoms with van der Waals surface area (Å²) in [4.78, 5) is 10.9. The highest BCUT2D eigenvalue weighted by Crippen LogP contribution is 2.23. The van der Waals surface area contributed by atoms with Gasteiger partial charge in [0.15, 0.2) is 6.29 Å². The Morgan fingerprint density at radius 1 is 1.15 bits per heavy atom. The summed E-state index contributed by atoms with van der Waals surface area (Å²) in [6.45, 7) is 7.82. The molecule has 0 aliphatic carbocycles. The van der Waals surface area contributed by atoms with Crippen molar-refractivity contribution in [2.24, 2.45) is 0 Å². The highest BCUT2D eigenvalue weighted by molar-refractivity contribution is 5.87. The zero-order valence-electron chi connectivity index (χ0n) is 11.1. The van der Waals surface area contributed by atoms with Gasteiger partial charge in [0, 0.05) is 28.2 Å². The van der Waals surface area contributed by atoms with Crippen LogP contribution in [0.4, 0.5) is 11.4 Å². The number of carbonyl (C=O) groups excluding carboxylic acids is 1. The molecule has 0 saturated heterocycles. The van der Waals surface area contributed by atoms with E-state index in [2.05, 4.69) is 18.5 Å². The number of hydrogen-bond donors (Lipinski definition) is 2. The molecular formula is C17H16N2O. The van der Waals surface area contributed by atoms with Crippen LogP contribution in [0.15, 0.2) is 55.6 Å². The molecule has 2 rings (SSSR count). The van der Waals surface area contributed by atoms with Crippen LogP contribution >= 0.6 is 0 Å². The van der Waals surface area contributed by atoms with Crippen LogP contribution in [-0.4, -0.2) is 6.29 Å². The smallest absolute Gasteiger partial charge is 0.152 e. The average molecular weight is 264 g/mol. The van der Waals surface area contributed by atoms with Crippen molar-refractivity contribution in [3.8, 4) is 0 Å². The highest BCUT2D eigenvalue weighted by Gasteiger charge is 2.05. The molecular weight excluding hydrogens is 248 g/mol. The zero-order chi connectivity index (χ0) is 14.5. The fraction of sp³-hybridized carbons (Fsp3) is 0. The number of benzene rings is 2. The molecule has 0 bridgehead atoms. The first-order chi connectivity index (χ1) is 9.65. The van der Waals surface area contributed by atoms with Crippen molar-refractivity contribution in [3.63, 3.8) is 0 Å². The van der Waals surface area contributed by atoms with Crippen molar-refractivity contribution in [1.29, 1.82) is 0 Å². The number of nitrogens with one attached hydrogen (secondary N) is 1. The van der Waals surface area contributed by atoms with Gasteiger partial charge in [0.1, 0.15) is 0 Å². The summed E-state index contributed by atoms with van der Waals surface area (Å²) in [7, 11) is 0.